The Balaban J connectivity index is 1.78. The van der Waals surface area contributed by atoms with E-state index in [4.69, 9.17) is 4.74 Å². The van der Waals surface area contributed by atoms with Crippen molar-refractivity contribution in [3.63, 3.8) is 0 Å². The van der Waals surface area contributed by atoms with Gasteiger partial charge in [-0.3, -0.25) is 9.59 Å². The number of carbonyl (C=O) groups is 2. The van der Waals surface area contributed by atoms with E-state index in [-0.39, 0.29) is 11.9 Å². The summed E-state index contributed by atoms with van der Waals surface area (Å²) >= 11 is 1.89. The van der Waals surface area contributed by atoms with Crippen LogP contribution in [0.2, 0.25) is 0 Å². The van der Waals surface area contributed by atoms with Gasteiger partial charge in [-0.05, 0) is 55.9 Å². The van der Waals surface area contributed by atoms with E-state index in [1.165, 1.54) is 6.92 Å². The maximum Gasteiger partial charge on any atom is 0.278 e. The molecule has 3 rings (SSSR count). The molecule has 1 fully saturated rings. The molecule has 6 heteroatoms. The summed E-state index contributed by atoms with van der Waals surface area (Å²) in [5, 5.41) is 5.74. The molecule has 0 aromatic heterocycles. The van der Waals surface area contributed by atoms with Gasteiger partial charge in [0.05, 0.1) is 5.69 Å². The Hall–Kier alpha value is -1.69. The largest absolute Gasteiger partial charge is 0.466 e. The molecule has 1 aromatic carbocycles. The van der Waals surface area contributed by atoms with Gasteiger partial charge in [0, 0.05) is 6.04 Å². The second-order valence-electron chi connectivity index (χ2n) is 5.95. The number of hydrogen-bond acceptors (Lipinski definition) is 4. The highest BCUT2D eigenvalue weighted by Gasteiger charge is 2.47. The van der Waals surface area contributed by atoms with E-state index in [0.717, 1.165) is 29.9 Å². The SMILES string of the molecule is Cc1ccc2c(c1)NC(=O)[C@@](C)(C(=O)NC1CCSCC1)O2. The monoisotopic (exact) mass is 320 g/mol. The van der Waals surface area contributed by atoms with E-state index in [1.54, 1.807) is 6.07 Å². The Morgan fingerprint density at radius 3 is 2.86 bits per heavy atom. The second kappa shape index (κ2) is 5.83. The summed E-state index contributed by atoms with van der Waals surface area (Å²) in [6, 6.07) is 5.64. The summed E-state index contributed by atoms with van der Waals surface area (Å²) in [5.41, 5.74) is 0.118. The number of amides is 2. The first-order valence-corrected chi connectivity index (χ1v) is 8.64. The van der Waals surface area contributed by atoms with Gasteiger partial charge in [-0.1, -0.05) is 6.07 Å². The molecule has 22 heavy (non-hydrogen) atoms. The van der Waals surface area contributed by atoms with Crippen molar-refractivity contribution in [3.05, 3.63) is 23.8 Å². The topological polar surface area (TPSA) is 67.4 Å². The number of anilines is 1. The Morgan fingerprint density at radius 1 is 1.41 bits per heavy atom. The lowest BCUT2D eigenvalue weighted by atomic mass is 10.00. The lowest BCUT2D eigenvalue weighted by Crippen LogP contribution is -2.60. The number of rotatable bonds is 2. The Kier molecular flexibility index (Phi) is 4.04. The maximum atomic E-state index is 12.6. The number of fused-ring (bicyclic) bond motifs is 1. The number of thioether (sulfide) groups is 1. The van der Waals surface area contributed by atoms with Crippen LogP contribution in [0, 0.1) is 6.92 Å². The van der Waals surface area contributed by atoms with Crippen molar-refractivity contribution < 1.29 is 14.3 Å². The van der Waals surface area contributed by atoms with Gasteiger partial charge in [0.25, 0.3) is 17.4 Å². The van der Waals surface area contributed by atoms with Gasteiger partial charge in [0.1, 0.15) is 5.75 Å². The van der Waals surface area contributed by atoms with Gasteiger partial charge < -0.3 is 15.4 Å². The number of benzene rings is 1. The summed E-state index contributed by atoms with van der Waals surface area (Å²) < 4.78 is 5.76. The molecule has 2 heterocycles. The third-order valence-electron chi connectivity index (χ3n) is 4.12. The van der Waals surface area contributed by atoms with Crippen molar-refractivity contribution in [1.29, 1.82) is 0 Å². The molecule has 0 aliphatic carbocycles. The first kappa shape index (κ1) is 15.2. The van der Waals surface area contributed by atoms with Crippen LogP contribution >= 0.6 is 11.8 Å². The van der Waals surface area contributed by atoms with Crippen LogP contribution < -0.4 is 15.4 Å². The van der Waals surface area contributed by atoms with Gasteiger partial charge in [-0.2, -0.15) is 11.8 Å². The Bertz CT molecular complexity index is 613. The molecule has 118 valence electrons. The fraction of sp³-hybridized carbons (Fsp3) is 0.500. The minimum Gasteiger partial charge on any atom is -0.466 e. The lowest BCUT2D eigenvalue weighted by molar-refractivity contribution is -0.147. The summed E-state index contributed by atoms with van der Waals surface area (Å²) in [5.74, 6) is 1.82. The number of aryl methyl sites for hydroxylation is 1. The molecule has 2 amide bonds. The smallest absolute Gasteiger partial charge is 0.278 e. The molecular weight excluding hydrogens is 300 g/mol. The van der Waals surface area contributed by atoms with E-state index < -0.39 is 11.5 Å². The molecule has 1 saturated heterocycles. The molecular formula is C16H20N2O3S. The van der Waals surface area contributed by atoms with Crippen molar-refractivity contribution >= 4 is 29.3 Å². The van der Waals surface area contributed by atoms with Crippen molar-refractivity contribution in [3.8, 4) is 5.75 Å². The molecule has 0 saturated carbocycles. The Morgan fingerprint density at radius 2 is 2.14 bits per heavy atom. The molecule has 0 bridgehead atoms. The summed E-state index contributed by atoms with van der Waals surface area (Å²) in [6.07, 6.45) is 1.87. The fourth-order valence-corrected chi connectivity index (χ4v) is 3.76. The average Bonchev–Trinajstić information content (AvgIpc) is 2.50. The highest BCUT2D eigenvalue weighted by atomic mass is 32.2. The first-order valence-electron chi connectivity index (χ1n) is 7.49. The van der Waals surface area contributed by atoms with Crippen LogP contribution in [0.25, 0.3) is 0 Å². The molecule has 1 aromatic rings. The average molecular weight is 320 g/mol. The van der Waals surface area contributed by atoms with E-state index in [9.17, 15) is 9.59 Å². The Labute approximate surface area is 134 Å². The lowest BCUT2D eigenvalue weighted by Gasteiger charge is -2.35. The van der Waals surface area contributed by atoms with Crippen molar-refractivity contribution in [2.24, 2.45) is 0 Å². The standard InChI is InChI=1S/C16H20N2O3S/c1-10-3-4-13-12(9-10)18-15(20)16(2,21-13)14(19)17-11-5-7-22-8-6-11/h3-4,9,11H,5-8H2,1-2H3,(H,17,19)(H,18,20)/t16-/m1/s1. The van der Waals surface area contributed by atoms with Gasteiger partial charge in [-0.25, -0.2) is 0 Å². The van der Waals surface area contributed by atoms with E-state index >= 15 is 0 Å². The number of nitrogens with one attached hydrogen (secondary N) is 2. The van der Waals surface area contributed by atoms with Crippen molar-refractivity contribution in [1.82, 2.24) is 5.32 Å². The highest BCUT2D eigenvalue weighted by Crippen LogP contribution is 2.34. The zero-order valence-electron chi connectivity index (χ0n) is 12.8. The molecule has 1 atom stereocenters. The van der Waals surface area contributed by atoms with Gasteiger partial charge in [-0.15, -0.1) is 0 Å². The van der Waals surface area contributed by atoms with Crippen molar-refractivity contribution in [2.75, 3.05) is 16.8 Å². The van der Waals surface area contributed by atoms with Crippen molar-refractivity contribution in [2.45, 2.75) is 38.3 Å². The quantitative estimate of drug-likeness (QED) is 0.819. The number of carbonyl (C=O) groups excluding carboxylic acids is 2. The minimum atomic E-state index is -1.52. The van der Waals surface area contributed by atoms with E-state index in [2.05, 4.69) is 10.6 Å². The van der Waals surface area contributed by atoms with Crippen LogP contribution in [-0.2, 0) is 9.59 Å². The van der Waals surface area contributed by atoms with Crippen LogP contribution in [0.4, 0.5) is 5.69 Å². The molecule has 0 unspecified atom stereocenters. The van der Waals surface area contributed by atoms with Gasteiger partial charge in [0.2, 0.25) is 0 Å². The van der Waals surface area contributed by atoms with Crippen LogP contribution in [0.3, 0.4) is 0 Å². The second-order valence-corrected chi connectivity index (χ2v) is 7.17. The minimum absolute atomic E-state index is 0.126. The zero-order valence-corrected chi connectivity index (χ0v) is 13.6. The van der Waals surface area contributed by atoms with Gasteiger partial charge in [0.15, 0.2) is 0 Å². The molecule has 0 radical (unpaired) electrons. The maximum absolute atomic E-state index is 12.6. The summed E-state index contributed by atoms with van der Waals surface area (Å²) in [6.45, 7) is 3.46. The molecule has 2 aliphatic rings. The summed E-state index contributed by atoms with van der Waals surface area (Å²) in [7, 11) is 0. The van der Waals surface area contributed by atoms with Crippen LogP contribution in [0.5, 0.6) is 5.75 Å². The van der Waals surface area contributed by atoms with Gasteiger partial charge >= 0.3 is 0 Å². The molecule has 5 nitrogen and oxygen atoms in total. The molecule has 2 N–H and O–H groups in total. The zero-order chi connectivity index (χ0) is 15.7. The van der Waals surface area contributed by atoms with Crippen LogP contribution in [0.15, 0.2) is 18.2 Å². The van der Waals surface area contributed by atoms with E-state index in [0.29, 0.717) is 11.4 Å². The third kappa shape index (κ3) is 2.79. The van der Waals surface area contributed by atoms with Crippen LogP contribution in [0.1, 0.15) is 25.3 Å². The molecule has 2 aliphatic heterocycles. The van der Waals surface area contributed by atoms with Crippen LogP contribution in [-0.4, -0.2) is 35.0 Å². The fourth-order valence-electron chi connectivity index (χ4n) is 2.65. The third-order valence-corrected chi connectivity index (χ3v) is 5.17. The highest BCUT2D eigenvalue weighted by molar-refractivity contribution is 7.99. The number of hydrogen-bond donors (Lipinski definition) is 2. The predicted molar refractivity (Wildman–Crippen MR) is 87.3 cm³/mol. The predicted octanol–water partition coefficient (Wildman–Crippen LogP) is 2.10. The normalized spacial score (nSPS) is 24.9. The van der Waals surface area contributed by atoms with E-state index in [1.807, 2.05) is 30.8 Å². The number of ether oxygens (including phenoxy) is 1. The molecule has 0 spiro atoms. The first-order chi connectivity index (χ1) is 10.5. The summed E-state index contributed by atoms with van der Waals surface area (Å²) in [4.78, 5) is 24.9.